The van der Waals surface area contributed by atoms with E-state index in [9.17, 15) is 14.4 Å². The molecule has 5 nitrogen and oxygen atoms in total. The summed E-state index contributed by atoms with van der Waals surface area (Å²) in [6.07, 6.45) is 1.43. The number of hydrogen-bond donors (Lipinski definition) is 0. The van der Waals surface area contributed by atoms with Crippen LogP contribution in [0.5, 0.6) is 0 Å². The van der Waals surface area contributed by atoms with Crippen molar-refractivity contribution in [1.29, 1.82) is 0 Å². The Morgan fingerprint density at radius 3 is 2.32 bits per heavy atom. The largest absolute Gasteiger partial charge is 0.485 e. The molecule has 22 heavy (non-hydrogen) atoms. The van der Waals surface area contributed by atoms with Crippen LogP contribution < -0.4 is 0 Å². The van der Waals surface area contributed by atoms with Crippen LogP contribution in [0.25, 0.3) is 0 Å². The lowest BCUT2D eigenvalue weighted by molar-refractivity contribution is -0.135. The third-order valence-corrected chi connectivity index (χ3v) is 3.16. The summed E-state index contributed by atoms with van der Waals surface area (Å²) in [4.78, 5) is 36.8. The van der Waals surface area contributed by atoms with E-state index in [4.69, 9.17) is 4.74 Å². The van der Waals surface area contributed by atoms with E-state index < -0.39 is 17.5 Å². The fourth-order valence-corrected chi connectivity index (χ4v) is 2.13. The van der Waals surface area contributed by atoms with Gasteiger partial charge >= 0.3 is 5.97 Å². The van der Waals surface area contributed by atoms with E-state index in [1.54, 1.807) is 12.1 Å². The number of ether oxygens (including phenoxy) is 2. The van der Waals surface area contributed by atoms with Crippen LogP contribution in [0.3, 0.4) is 0 Å². The van der Waals surface area contributed by atoms with Crippen LogP contribution in [0.4, 0.5) is 0 Å². The topological polar surface area (TPSA) is 69.7 Å². The minimum absolute atomic E-state index is 0.0223. The van der Waals surface area contributed by atoms with Gasteiger partial charge in [0.1, 0.15) is 6.61 Å². The first-order valence-electron chi connectivity index (χ1n) is 6.46. The predicted octanol–water partition coefficient (Wildman–Crippen LogP) is 2.25. The molecule has 112 valence electrons. The second-order valence-electron chi connectivity index (χ2n) is 4.48. The highest BCUT2D eigenvalue weighted by Gasteiger charge is 2.36. The SMILES string of the molecule is C=CCOC1=C(C(=C)C(=O)OC)C(=O)c2ccccc2C1=O. The van der Waals surface area contributed by atoms with Crippen molar-refractivity contribution < 1.29 is 23.9 Å². The summed E-state index contributed by atoms with van der Waals surface area (Å²) in [5.74, 6) is -1.98. The Bertz CT molecular complexity index is 724. The molecule has 0 unspecified atom stereocenters. The van der Waals surface area contributed by atoms with Crippen molar-refractivity contribution >= 4 is 17.5 Å². The van der Waals surface area contributed by atoms with E-state index in [-0.39, 0.29) is 34.6 Å². The standard InChI is InChI=1S/C17H14O5/c1-4-9-22-16-13(10(2)17(20)21-3)14(18)11-7-5-6-8-12(11)15(16)19/h4-8H,1-2,9H2,3H3. The monoisotopic (exact) mass is 298 g/mol. The first-order valence-corrected chi connectivity index (χ1v) is 6.46. The second-order valence-corrected chi connectivity index (χ2v) is 4.48. The fourth-order valence-electron chi connectivity index (χ4n) is 2.13. The van der Waals surface area contributed by atoms with Crippen molar-refractivity contribution in [2.75, 3.05) is 13.7 Å². The lowest BCUT2D eigenvalue weighted by Gasteiger charge is -2.21. The minimum Gasteiger partial charge on any atom is -0.485 e. The molecule has 0 atom stereocenters. The molecule has 5 heteroatoms. The van der Waals surface area contributed by atoms with Gasteiger partial charge in [0, 0.05) is 11.1 Å². The van der Waals surface area contributed by atoms with Crippen molar-refractivity contribution in [3.8, 4) is 0 Å². The van der Waals surface area contributed by atoms with Gasteiger partial charge in [0.2, 0.25) is 5.78 Å². The first kappa shape index (κ1) is 15.4. The van der Waals surface area contributed by atoms with Crippen LogP contribution in [0.15, 0.2) is 60.4 Å². The molecule has 0 saturated heterocycles. The average Bonchev–Trinajstić information content (AvgIpc) is 2.55. The summed E-state index contributed by atoms with van der Waals surface area (Å²) in [6, 6.07) is 6.34. The Hall–Kier alpha value is -2.95. The molecule has 0 fully saturated rings. The van der Waals surface area contributed by atoms with Crippen molar-refractivity contribution in [2.45, 2.75) is 0 Å². The van der Waals surface area contributed by atoms with Crippen molar-refractivity contribution in [3.05, 3.63) is 71.5 Å². The van der Waals surface area contributed by atoms with E-state index in [1.165, 1.54) is 25.3 Å². The molecule has 1 aliphatic rings. The van der Waals surface area contributed by atoms with Crippen LogP contribution in [-0.2, 0) is 14.3 Å². The number of Topliss-reactive ketones (excluding diaryl/α,β-unsaturated/α-hetero) is 2. The number of allylic oxidation sites excluding steroid dienone is 1. The predicted molar refractivity (Wildman–Crippen MR) is 79.4 cm³/mol. The highest BCUT2D eigenvalue weighted by molar-refractivity contribution is 6.30. The molecule has 1 aromatic carbocycles. The van der Waals surface area contributed by atoms with Crippen molar-refractivity contribution in [2.24, 2.45) is 0 Å². The summed E-state index contributed by atoms with van der Waals surface area (Å²) >= 11 is 0. The third kappa shape index (κ3) is 2.48. The first-order chi connectivity index (χ1) is 10.5. The Kier molecular flexibility index (Phi) is 4.36. The third-order valence-electron chi connectivity index (χ3n) is 3.16. The molecule has 0 amide bonds. The summed E-state index contributed by atoms with van der Waals surface area (Å²) in [6.45, 7) is 7.07. The zero-order valence-electron chi connectivity index (χ0n) is 12.0. The number of methoxy groups -OCH3 is 1. The number of carbonyl (C=O) groups excluding carboxylic acids is 3. The number of esters is 1. The average molecular weight is 298 g/mol. The van der Waals surface area contributed by atoms with Crippen LogP contribution in [-0.4, -0.2) is 31.3 Å². The number of carbonyl (C=O) groups is 3. The number of fused-ring (bicyclic) bond motifs is 1. The smallest absolute Gasteiger partial charge is 0.338 e. The molecule has 0 heterocycles. The van der Waals surface area contributed by atoms with Crippen LogP contribution in [0.2, 0.25) is 0 Å². The molecule has 0 spiro atoms. The Morgan fingerprint density at radius 2 is 1.77 bits per heavy atom. The molecule has 0 aliphatic heterocycles. The summed E-state index contributed by atoms with van der Waals surface area (Å²) in [5, 5.41) is 0. The molecule has 0 saturated carbocycles. The highest BCUT2D eigenvalue weighted by atomic mass is 16.5. The minimum atomic E-state index is -0.796. The maximum Gasteiger partial charge on any atom is 0.338 e. The normalized spacial score (nSPS) is 13.5. The van der Waals surface area contributed by atoms with Crippen LogP contribution >= 0.6 is 0 Å². The van der Waals surface area contributed by atoms with Crippen molar-refractivity contribution in [3.63, 3.8) is 0 Å². The number of ketones is 2. The lowest BCUT2D eigenvalue weighted by Crippen LogP contribution is -2.26. The van der Waals surface area contributed by atoms with E-state index in [0.717, 1.165) is 0 Å². The van der Waals surface area contributed by atoms with Gasteiger partial charge in [0.25, 0.3) is 0 Å². The van der Waals surface area contributed by atoms with E-state index in [0.29, 0.717) is 0 Å². The van der Waals surface area contributed by atoms with E-state index in [1.807, 2.05) is 0 Å². The Morgan fingerprint density at radius 1 is 1.18 bits per heavy atom. The maximum atomic E-state index is 12.6. The maximum absolute atomic E-state index is 12.6. The van der Waals surface area contributed by atoms with Gasteiger partial charge in [-0.3, -0.25) is 9.59 Å². The second kappa shape index (κ2) is 6.22. The molecule has 0 N–H and O–H groups in total. The molecule has 1 aliphatic carbocycles. The molecule has 0 bridgehead atoms. The Balaban J connectivity index is 2.63. The van der Waals surface area contributed by atoms with Gasteiger partial charge in [0.05, 0.1) is 18.3 Å². The van der Waals surface area contributed by atoms with Crippen molar-refractivity contribution in [1.82, 2.24) is 0 Å². The van der Waals surface area contributed by atoms with Gasteiger partial charge in [-0.05, 0) is 0 Å². The molecular formula is C17H14O5. The number of hydrogen-bond acceptors (Lipinski definition) is 5. The van der Waals surface area contributed by atoms with Gasteiger partial charge in [0.15, 0.2) is 11.5 Å². The van der Waals surface area contributed by atoms with E-state index >= 15 is 0 Å². The number of rotatable bonds is 5. The fraction of sp³-hybridized carbons (Fsp3) is 0.118. The molecule has 0 aromatic heterocycles. The van der Waals surface area contributed by atoms with Gasteiger partial charge in [-0.1, -0.05) is 43.5 Å². The van der Waals surface area contributed by atoms with Crippen LogP contribution in [0.1, 0.15) is 20.7 Å². The van der Waals surface area contributed by atoms with Crippen LogP contribution in [0, 0.1) is 0 Å². The molecular weight excluding hydrogens is 284 g/mol. The zero-order valence-corrected chi connectivity index (χ0v) is 12.0. The molecule has 2 rings (SSSR count). The molecule has 1 aromatic rings. The molecule has 0 radical (unpaired) electrons. The van der Waals surface area contributed by atoms with Gasteiger partial charge in [-0.15, -0.1) is 0 Å². The van der Waals surface area contributed by atoms with E-state index in [2.05, 4.69) is 17.9 Å². The van der Waals surface area contributed by atoms with Gasteiger partial charge < -0.3 is 9.47 Å². The lowest BCUT2D eigenvalue weighted by atomic mass is 9.85. The summed E-state index contributed by atoms with van der Waals surface area (Å²) in [7, 11) is 1.17. The quantitative estimate of drug-likeness (QED) is 0.474. The summed E-state index contributed by atoms with van der Waals surface area (Å²) in [5.41, 5.74) is 0.0540. The van der Waals surface area contributed by atoms with Gasteiger partial charge in [-0.25, -0.2) is 4.79 Å². The zero-order chi connectivity index (χ0) is 16.3. The van der Waals surface area contributed by atoms with Gasteiger partial charge in [-0.2, -0.15) is 0 Å². The number of benzene rings is 1. The Labute approximate surface area is 127 Å². The highest BCUT2D eigenvalue weighted by Crippen LogP contribution is 2.30. The summed E-state index contributed by atoms with van der Waals surface area (Å²) < 4.78 is 9.90.